The highest BCUT2D eigenvalue weighted by molar-refractivity contribution is 6.31. The van der Waals surface area contributed by atoms with Gasteiger partial charge in [-0.05, 0) is 22.9 Å². The number of hydrogen-bond acceptors (Lipinski definition) is 5. The van der Waals surface area contributed by atoms with Crippen molar-refractivity contribution in [3.63, 3.8) is 0 Å². The number of benzene rings is 1. The predicted octanol–water partition coefficient (Wildman–Crippen LogP) is 2.31. The Labute approximate surface area is 135 Å². The summed E-state index contributed by atoms with van der Waals surface area (Å²) >= 11 is 6.28. The van der Waals surface area contributed by atoms with Crippen molar-refractivity contribution in [1.82, 2.24) is 25.1 Å². The van der Waals surface area contributed by atoms with Crippen LogP contribution in [0.3, 0.4) is 0 Å². The van der Waals surface area contributed by atoms with E-state index in [2.05, 4.69) is 27.3 Å². The van der Waals surface area contributed by atoms with E-state index in [1.54, 1.807) is 0 Å². The van der Waals surface area contributed by atoms with Crippen molar-refractivity contribution in [3.8, 4) is 0 Å². The molecule has 118 valence electrons. The Bertz CT molecular complexity index is 617. The number of tetrazole rings is 1. The number of aromatic nitrogens is 4. The van der Waals surface area contributed by atoms with Crippen LogP contribution < -0.4 is 0 Å². The van der Waals surface area contributed by atoms with Crippen LogP contribution in [0.1, 0.15) is 30.8 Å². The third kappa shape index (κ3) is 3.45. The van der Waals surface area contributed by atoms with Crippen LogP contribution in [-0.4, -0.2) is 44.8 Å². The molecular weight excluding hydrogens is 302 g/mol. The van der Waals surface area contributed by atoms with Gasteiger partial charge in [0.05, 0.1) is 19.3 Å². The first-order valence-electron chi connectivity index (χ1n) is 7.61. The zero-order chi connectivity index (χ0) is 15.4. The summed E-state index contributed by atoms with van der Waals surface area (Å²) in [4.78, 5) is 2.31. The van der Waals surface area contributed by atoms with E-state index in [-0.39, 0.29) is 6.10 Å². The molecule has 0 N–H and O–H groups in total. The molecule has 2 aromatic rings. The lowest BCUT2D eigenvalue weighted by Crippen LogP contribution is -2.38. The molecular formula is C15H20ClN5O. The van der Waals surface area contributed by atoms with Gasteiger partial charge in [-0.15, -0.1) is 5.10 Å². The van der Waals surface area contributed by atoms with Gasteiger partial charge in [-0.25, -0.2) is 4.68 Å². The topological polar surface area (TPSA) is 56.1 Å². The number of nitrogens with zero attached hydrogens (tertiary/aromatic N) is 5. The third-order valence-corrected chi connectivity index (χ3v) is 4.15. The lowest BCUT2D eigenvalue weighted by molar-refractivity contribution is -0.0340. The smallest absolute Gasteiger partial charge is 0.165 e. The molecule has 0 radical (unpaired) electrons. The van der Waals surface area contributed by atoms with Crippen LogP contribution in [0.4, 0.5) is 0 Å². The average molecular weight is 322 g/mol. The Kier molecular flexibility index (Phi) is 5.02. The van der Waals surface area contributed by atoms with Crippen LogP contribution in [0.5, 0.6) is 0 Å². The molecule has 0 amide bonds. The molecule has 1 saturated heterocycles. The molecule has 0 aliphatic carbocycles. The molecule has 22 heavy (non-hydrogen) atoms. The lowest BCUT2D eigenvalue weighted by atomic mass is 10.1. The maximum absolute atomic E-state index is 6.28. The monoisotopic (exact) mass is 321 g/mol. The number of morpholine rings is 1. The average Bonchev–Trinajstić information content (AvgIpc) is 2.96. The van der Waals surface area contributed by atoms with Gasteiger partial charge in [0.15, 0.2) is 5.82 Å². The van der Waals surface area contributed by atoms with Crippen molar-refractivity contribution < 1.29 is 4.74 Å². The standard InChI is InChI=1S/C15H20ClN5O/c1-2-7-21-15(17-18-19-21)11-20-8-9-22-14(10-20)12-5-3-4-6-13(12)16/h3-6,14H,2,7-11H2,1H3/t14-/m1/s1. The molecule has 0 spiro atoms. The van der Waals surface area contributed by atoms with Gasteiger partial charge in [-0.3, -0.25) is 4.90 Å². The largest absolute Gasteiger partial charge is 0.371 e. The molecule has 3 rings (SSSR count). The van der Waals surface area contributed by atoms with E-state index in [1.807, 2.05) is 28.9 Å². The molecule has 2 heterocycles. The van der Waals surface area contributed by atoms with E-state index in [9.17, 15) is 0 Å². The van der Waals surface area contributed by atoms with Crippen LogP contribution in [-0.2, 0) is 17.8 Å². The Balaban J connectivity index is 1.68. The van der Waals surface area contributed by atoms with Crippen LogP contribution in [0, 0.1) is 0 Å². The molecule has 6 nitrogen and oxygen atoms in total. The van der Waals surface area contributed by atoms with E-state index in [1.165, 1.54) is 0 Å². The minimum atomic E-state index is -0.00189. The number of ether oxygens (including phenoxy) is 1. The normalized spacial score (nSPS) is 19.5. The Morgan fingerprint density at radius 2 is 2.23 bits per heavy atom. The summed E-state index contributed by atoms with van der Waals surface area (Å²) < 4.78 is 7.76. The minimum Gasteiger partial charge on any atom is -0.371 e. The van der Waals surface area contributed by atoms with Crippen molar-refractivity contribution in [2.45, 2.75) is 32.5 Å². The highest BCUT2D eigenvalue weighted by Crippen LogP contribution is 2.28. The van der Waals surface area contributed by atoms with Gasteiger partial charge >= 0.3 is 0 Å². The first-order valence-corrected chi connectivity index (χ1v) is 7.99. The fourth-order valence-electron chi connectivity index (χ4n) is 2.69. The maximum atomic E-state index is 6.28. The molecule has 1 aliphatic heterocycles. The number of rotatable bonds is 5. The van der Waals surface area contributed by atoms with Gasteiger partial charge in [0.1, 0.15) is 0 Å². The SMILES string of the molecule is CCCn1nnnc1CN1CCO[C@@H](c2ccccc2Cl)C1. The first-order chi connectivity index (χ1) is 10.8. The molecule has 0 bridgehead atoms. The zero-order valence-electron chi connectivity index (χ0n) is 12.7. The molecule has 1 aromatic carbocycles. The second-order valence-electron chi connectivity index (χ2n) is 5.43. The summed E-state index contributed by atoms with van der Waals surface area (Å²) in [5.74, 6) is 0.904. The summed E-state index contributed by atoms with van der Waals surface area (Å²) in [5.41, 5.74) is 1.04. The molecule has 1 aromatic heterocycles. The quantitative estimate of drug-likeness (QED) is 0.846. The van der Waals surface area contributed by atoms with Gasteiger partial charge in [0.2, 0.25) is 0 Å². The van der Waals surface area contributed by atoms with E-state index in [0.29, 0.717) is 6.61 Å². The highest BCUT2D eigenvalue weighted by atomic mass is 35.5. The third-order valence-electron chi connectivity index (χ3n) is 3.81. The molecule has 7 heteroatoms. The predicted molar refractivity (Wildman–Crippen MR) is 83.5 cm³/mol. The van der Waals surface area contributed by atoms with Crippen molar-refractivity contribution in [2.75, 3.05) is 19.7 Å². The fourth-order valence-corrected chi connectivity index (χ4v) is 2.95. The molecule has 0 unspecified atom stereocenters. The van der Waals surface area contributed by atoms with Crippen molar-refractivity contribution in [1.29, 1.82) is 0 Å². The fraction of sp³-hybridized carbons (Fsp3) is 0.533. The Hall–Kier alpha value is -1.50. The minimum absolute atomic E-state index is 0.00189. The number of hydrogen-bond donors (Lipinski definition) is 0. The highest BCUT2D eigenvalue weighted by Gasteiger charge is 2.24. The van der Waals surface area contributed by atoms with Gasteiger partial charge < -0.3 is 4.74 Å². The van der Waals surface area contributed by atoms with E-state index in [0.717, 1.165) is 49.0 Å². The first kappa shape index (κ1) is 15.4. The van der Waals surface area contributed by atoms with Crippen molar-refractivity contribution >= 4 is 11.6 Å². The molecule has 1 fully saturated rings. The lowest BCUT2D eigenvalue weighted by Gasteiger charge is -2.33. The number of halogens is 1. The van der Waals surface area contributed by atoms with Gasteiger partial charge in [-0.1, -0.05) is 36.7 Å². The second kappa shape index (κ2) is 7.17. The van der Waals surface area contributed by atoms with Crippen LogP contribution >= 0.6 is 11.6 Å². The summed E-state index contributed by atoms with van der Waals surface area (Å²) in [6.45, 7) is 6.06. The summed E-state index contributed by atoms with van der Waals surface area (Å²) in [5, 5.41) is 12.7. The van der Waals surface area contributed by atoms with Crippen molar-refractivity contribution in [3.05, 3.63) is 40.7 Å². The second-order valence-corrected chi connectivity index (χ2v) is 5.84. The summed E-state index contributed by atoms with van der Waals surface area (Å²) in [6, 6.07) is 7.86. The van der Waals surface area contributed by atoms with E-state index >= 15 is 0 Å². The van der Waals surface area contributed by atoms with Gasteiger partial charge in [-0.2, -0.15) is 0 Å². The van der Waals surface area contributed by atoms with Crippen LogP contribution in [0.25, 0.3) is 0 Å². The van der Waals surface area contributed by atoms with E-state index in [4.69, 9.17) is 16.3 Å². The summed E-state index contributed by atoms with van der Waals surface area (Å²) in [6.07, 6.45) is 1.02. The van der Waals surface area contributed by atoms with E-state index < -0.39 is 0 Å². The van der Waals surface area contributed by atoms with Crippen LogP contribution in [0.2, 0.25) is 5.02 Å². The zero-order valence-corrected chi connectivity index (χ0v) is 13.4. The molecule has 0 saturated carbocycles. The molecule has 1 atom stereocenters. The molecule has 1 aliphatic rings. The summed E-state index contributed by atoms with van der Waals surface area (Å²) in [7, 11) is 0. The Morgan fingerprint density at radius 1 is 1.36 bits per heavy atom. The van der Waals surface area contributed by atoms with Crippen molar-refractivity contribution in [2.24, 2.45) is 0 Å². The van der Waals surface area contributed by atoms with Gasteiger partial charge in [0.25, 0.3) is 0 Å². The number of aryl methyl sites for hydroxylation is 1. The van der Waals surface area contributed by atoms with Gasteiger partial charge in [0, 0.05) is 30.2 Å². The Morgan fingerprint density at radius 3 is 3.05 bits per heavy atom. The maximum Gasteiger partial charge on any atom is 0.165 e. The van der Waals surface area contributed by atoms with Crippen LogP contribution in [0.15, 0.2) is 24.3 Å².